The van der Waals surface area contributed by atoms with E-state index in [2.05, 4.69) is 94.7 Å². The molecule has 3 heterocycles. The molecular weight excluding hydrogens is 358 g/mol. The molecule has 0 radical (unpaired) electrons. The average molecular weight is 392 g/mol. The van der Waals surface area contributed by atoms with Crippen LogP contribution in [0.4, 0.5) is 0 Å². The molecule has 5 heteroatoms. The molecule has 0 aliphatic carbocycles. The van der Waals surface area contributed by atoms with Crippen molar-refractivity contribution in [2.75, 3.05) is 13.1 Å². The second-order valence-electron chi connectivity index (χ2n) is 8.55. The zero-order valence-electron chi connectivity index (χ0n) is 18.1. The van der Waals surface area contributed by atoms with E-state index in [1.54, 1.807) is 0 Å². The molecule has 1 aromatic carbocycles. The van der Waals surface area contributed by atoms with Gasteiger partial charge in [-0.05, 0) is 51.3 Å². The Bertz CT molecular complexity index is 938. The Labute approximate surface area is 174 Å². The lowest BCUT2D eigenvalue weighted by Crippen LogP contribution is -2.32. The number of likely N-dealkylation sites (tertiary alicyclic amines) is 1. The first-order valence-corrected chi connectivity index (χ1v) is 10.7. The summed E-state index contributed by atoms with van der Waals surface area (Å²) >= 11 is 0. The summed E-state index contributed by atoms with van der Waals surface area (Å²) in [5, 5.41) is 8.31. The molecule has 0 saturated carbocycles. The lowest BCUT2D eigenvalue weighted by molar-refractivity contribution is 0.320. The Morgan fingerprint density at radius 1 is 1.14 bits per heavy atom. The van der Waals surface area contributed by atoms with E-state index in [9.17, 15) is 0 Å². The van der Waals surface area contributed by atoms with E-state index >= 15 is 0 Å². The van der Waals surface area contributed by atoms with E-state index in [4.69, 9.17) is 0 Å². The fourth-order valence-electron chi connectivity index (χ4n) is 4.48. The van der Waals surface area contributed by atoms with Crippen LogP contribution in [-0.4, -0.2) is 38.4 Å². The molecule has 4 rings (SSSR count). The van der Waals surface area contributed by atoms with Gasteiger partial charge in [0.1, 0.15) is 5.82 Å². The minimum absolute atomic E-state index is 0.344. The quantitative estimate of drug-likeness (QED) is 0.655. The van der Waals surface area contributed by atoms with Crippen LogP contribution in [0, 0.1) is 13.8 Å². The number of rotatable bonds is 7. The van der Waals surface area contributed by atoms with Crippen molar-refractivity contribution in [1.29, 1.82) is 0 Å². The molecule has 0 spiro atoms. The first kappa shape index (κ1) is 19.9. The molecule has 1 aliphatic rings. The minimum Gasteiger partial charge on any atom is -0.309 e. The SMILES string of the molecule is Cc1cc(CN[C@@H]2CCN(Cc3ccccc3)C2)c(C)n1-c1ccnn1C(C)C. The first-order chi connectivity index (χ1) is 14.0. The van der Waals surface area contributed by atoms with Gasteiger partial charge in [0.05, 0.1) is 6.20 Å². The van der Waals surface area contributed by atoms with Crippen molar-refractivity contribution in [2.24, 2.45) is 0 Å². The Morgan fingerprint density at radius 2 is 1.93 bits per heavy atom. The second-order valence-corrected chi connectivity index (χ2v) is 8.55. The highest BCUT2D eigenvalue weighted by Gasteiger charge is 2.23. The summed E-state index contributed by atoms with van der Waals surface area (Å²) in [6, 6.07) is 16.1. The van der Waals surface area contributed by atoms with E-state index in [0.717, 1.165) is 25.5 Å². The monoisotopic (exact) mass is 391 g/mol. The summed E-state index contributed by atoms with van der Waals surface area (Å²) in [5.41, 5.74) is 5.34. The minimum atomic E-state index is 0.344. The third-order valence-corrected chi connectivity index (χ3v) is 6.01. The number of nitrogens with zero attached hydrogens (tertiary/aromatic N) is 4. The lowest BCUT2D eigenvalue weighted by atomic mass is 10.2. The lowest BCUT2D eigenvalue weighted by Gasteiger charge is -2.17. The van der Waals surface area contributed by atoms with Gasteiger partial charge < -0.3 is 9.88 Å². The first-order valence-electron chi connectivity index (χ1n) is 10.7. The van der Waals surface area contributed by atoms with Crippen molar-refractivity contribution in [1.82, 2.24) is 24.6 Å². The van der Waals surface area contributed by atoms with Gasteiger partial charge in [-0.3, -0.25) is 4.90 Å². The van der Waals surface area contributed by atoms with Crippen molar-refractivity contribution in [2.45, 2.75) is 59.3 Å². The van der Waals surface area contributed by atoms with Crippen LogP contribution >= 0.6 is 0 Å². The molecule has 154 valence electrons. The average Bonchev–Trinajstić information content (AvgIpc) is 3.41. The zero-order valence-corrected chi connectivity index (χ0v) is 18.1. The Kier molecular flexibility index (Phi) is 5.88. The highest BCUT2D eigenvalue weighted by atomic mass is 15.3. The summed E-state index contributed by atoms with van der Waals surface area (Å²) in [6.07, 6.45) is 3.11. The van der Waals surface area contributed by atoms with Gasteiger partial charge in [-0.25, -0.2) is 4.68 Å². The third-order valence-electron chi connectivity index (χ3n) is 6.01. The molecule has 0 bridgehead atoms. The molecule has 1 saturated heterocycles. The molecule has 5 nitrogen and oxygen atoms in total. The van der Waals surface area contributed by atoms with E-state index in [1.165, 1.54) is 35.5 Å². The van der Waals surface area contributed by atoms with Gasteiger partial charge in [-0.1, -0.05) is 30.3 Å². The Morgan fingerprint density at radius 3 is 2.69 bits per heavy atom. The number of aromatic nitrogens is 3. The van der Waals surface area contributed by atoms with Crippen LogP contribution < -0.4 is 5.32 Å². The molecular formula is C24H33N5. The zero-order chi connectivity index (χ0) is 20.4. The smallest absolute Gasteiger partial charge is 0.135 e. The van der Waals surface area contributed by atoms with Gasteiger partial charge >= 0.3 is 0 Å². The standard InChI is InChI=1S/C24H33N5/c1-18(2)29-24(10-12-26-29)28-19(3)14-22(20(28)4)15-25-23-11-13-27(17-23)16-21-8-6-5-7-9-21/h5-10,12,14,18,23,25H,11,13,15-17H2,1-4H3/t23-/m1/s1. The number of hydrogen-bond donors (Lipinski definition) is 1. The van der Waals surface area contributed by atoms with Crippen molar-refractivity contribution in [3.63, 3.8) is 0 Å². The van der Waals surface area contributed by atoms with Crippen molar-refractivity contribution in [3.8, 4) is 5.82 Å². The molecule has 3 aromatic rings. The fraction of sp³-hybridized carbons (Fsp3) is 0.458. The van der Waals surface area contributed by atoms with E-state index < -0.39 is 0 Å². The summed E-state index contributed by atoms with van der Waals surface area (Å²) in [4.78, 5) is 2.55. The van der Waals surface area contributed by atoms with E-state index in [0.29, 0.717) is 12.1 Å². The highest BCUT2D eigenvalue weighted by molar-refractivity contribution is 5.37. The van der Waals surface area contributed by atoms with Crippen molar-refractivity contribution < 1.29 is 0 Å². The van der Waals surface area contributed by atoms with Crippen LogP contribution in [0.2, 0.25) is 0 Å². The number of benzene rings is 1. The highest BCUT2D eigenvalue weighted by Crippen LogP contribution is 2.23. The van der Waals surface area contributed by atoms with Crippen LogP contribution in [0.25, 0.3) is 5.82 Å². The Hall–Kier alpha value is -2.37. The van der Waals surface area contributed by atoms with Gasteiger partial charge in [-0.15, -0.1) is 0 Å². The second kappa shape index (κ2) is 8.56. The summed E-state index contributed by atoms with van der Waals surface area (Å²) in [6.45, 7) is 13.0. The van der Waals surface area contributed by atoms with Gasteiger partial charge in [-0.2, -0.15) is 5.10 Å². The van der Waals surface area contributed by atoms with E-state index in [1.807, 2.05) is 6.20 Å². The number of hydrogen-bond acceptors (Lipinski definition) is 3. The molecule has 1 N–H and O–H groups in total. The maximum absolute atomic E-state index is 4.51. The molecule has 1 fully saturated rings. The predicted molar refractivity (Wildman–Crippen MR) is 118 cm³/mol. The molecule has 0 unspecified atom stereocenters. The number of nitrogens with one attached hydrogen (secondary N) is 1. The summed E-state index contributed by atoms with van der Waals surface area (Å²) in [5.74, 6) is 1.15. The molecule has 1 atom stereocenters. The molecule has 0 amide bonds. The third kappa shape index (κ3) is 4.31. The van der Waals surface area contributed by atoms with Gasteiger partial charge in [0.15, 0.2) is 0 Å². The van der Waals surface area contributed by atoms with E-state index in [-0.39, 0.29) is 0 Å². The maximum atomic E-state index is 4.51. The fourth-order valence-corrected chi connectivity index (χ4v) is 4.48. The normalized spacial score (nSPS) is 17.5. The largest absolute Gasteiger partial charge is 0.309 e. The molecule has 1 aliphatic heterocycles. The van der Waals surface area contributed by atoms with Crippen LogP contribution in [0.15, 0.2) is 48.7 Å². The number of aryl methyl sites for hydroxylation is 1. The van der Waals surface area contributed by atoms with Gasteiger partial charge in [0, 0.05) is 55.7 Å². The van der Waals surface area contributed by atoms with Crippen molar-refractivity contribution >= 4 is 0 Å². The predicted octanol–water partition coefficient (Wildman–Crippen LogP) is 4.24. The van der Waals surface area contributed by atoms with Crippen LogP contribution in [-0.2, 0) is 13.1 Å². The summed E-state index contributed by atoms with van der Waals surface area (Å²) in [7, 11) is 0. The summed E-state index contributed by atoms with van der Waals surface area (Å²) < 4.78 is 4.43. The molecule has 2 aromatic heterocycles. The topological polar surface area (TPSA) is 38.0 Å². The van der Waals surface area contributed by atoms with Crippen molar-refractivity contribution in [3.05, 3.63) is 71.2 Å². The Balaban J connectivity index is 1.39. The van der Waals surface area contributed by atoms with Crippen LogP contribution in [0.5, 0.6) is 0 Å². The maximum Gasteiger partial charge on any atom is 0.135 e. The van der Waals surface area contributed by atoms with Gasteiger partial charge in [0.2, 0.25) is 0 Å². The van der Waals surface area contributed by atoms with Crippen LogP contribution in [0.3, 0.4) is 0 Å². The van der Waals surface area contributed by atoms with Gasteiger partial charge in [0.25, 0.3) is 0 Å². The molecule has 29 heavy (non-hydrogen) atoms. The van der Waals surface area contributed by atoms with Crippen LogP contribution in [0.1, 0.15) is 48.8 Å².